The minimum Gasteiger partial charge on any atom is -0.348 e. The van der Waals surface area contributed by atoms with Crippen LogP contribution in [0.4, 0.5) is 5.69 Å². The zero-order chi connectivity index (χ0) is 22.4. The van der Waals surface area contributed by atoms with Gasteiger partial charge in [0.15, 0.2) is 0 Å². The van der Waals surface area contributed by atoms with E-state index in [1.165, 1.54) is 0 Å². The summed E-state index contributed by atoms with van der Waals surface area (Å²) >= 11 is 12.2. The van der Waals surface area contributed by atoms with Crippen LogP contribution in [0.5, 0.6) is 0 Å². The smallest absolute Gasteiger partial charge is 0.238 e. The zero-order valence-electron chi connectivity index (χ0n) is 17.8. The van der Waals surface area contributed by atoms with Crippen LogP contribution in [0.1, 0.15) is 25.5 Å². The first kappa shape index (κ1) is 23.5. The third-order valence-corrected chi connectivity index (χ3v) is 6.11. The molecule has 2 N–H and O–H groups in total. The molecule has 1 aliphatic heterocycles. The van der Waals surface area contributed by atoms with Crippen molar-refractivity contribution in [2.45, 2.75) is 25.9 Å². The van der Waals surface area contributed by atoms with Gasteiger partial charge in [0.1, 0.15) is 0 Å². The summed E-state index contributed by atoms with van der Waals surface area (Å²) in [6, 6.07) is 14.2. The number of hydrogen-bond donors (Lipinski definition) is 2. The minimum atomic E-state index is -0.270. The molecule has 166 valence electrons. The van der Waals surface area contributed by atoms with Gasteiger partial charge in [0.25, 0.3) is 0 Å². The lowest BCUT2D eigenvalue weighted by molar-refractivity contribution is -0.127. The Morgan fingerprint density at radius 2 is 1.68 bits per heavy atom. The third kappa shape index (κ3) is 6.68. The maximum atomic E-state index is 12.8. The normalized spacial score (nSPS) is 17.0. The molecule has 6 nitrogen and oxygen atoms in total. The standard InChI is InChI=1S/C23H28Cl2N4O2/c1-16(20-9-8-18(24)14-21(20)25)26-23(31)17(2)29-12-10-28(11-13-29)15-22(30)27-19-6-4-3-5-7-19/h3-9,14,16-17H,10-13,15H2,1-2H3,(H,26,31)(H,27,30). The number of para-hydroxylation sites is 1. The molecule has 0 bridgehead atoms. The monoisotopic (exact) mass is 462 g/mol. The van der Waals surface area contributed by atoms with E-state index in [-0.39, 0.29) is 23.9 Å². The van der Waals surface area contributed by atoms with Crippen molar-refractivity contribution in [2.75, 3.05) is 38.0 Å². The Morgan fingerprint density at radius 1 is 1.00 bits per heavy atom. The molecule has 2 unspecified atom stereocenters. The van der Waals surface area contributed by atoms with E-state index < -0.39 is 0 Å². The predicted molar refractivity (Wildman–Crippen MR) is 126 cm³/mol. The highest BCUT2D eigenvalue weighted by Crippen LogP contribution is 2.26. The fraction of sp³-hybridized carbons (Fsp3) is 0.391. The van der Waals surface area contributed by atoms with Gasteiger partial charge in [0.05, 0.1) is 18.6 Å². The van der Waals surface area contributed by atoms with Crippen LogP contribution in [0.2, 0.25) is 10.0 Å². The molecule has 2 aromatic carbocycles. The lowest BCUT2D eigenvalue weighted by Gasteiger charge is -2.37. The maximum Gasteiger partial charge on any atom is 0.238 e. The van der Waals surface area contributed by atoms with E-state index in [0.717, 1.165) is 37.4 Å². The maximum absolute atomic E-state index is 12.8. The van der Waals surface area contributed by atoms with Crippen LogP contribution in [0.15, 0.2) is 48.5 Å². The number of anilines is 1. The fourth-order valence-corrected chi connectivity index (χ4v) is 4.24. The first-order valence-electron chi connectivity index (χ1n) is 10.4. The highest BCUT2D eigenvalue weighted by Gasteiger charge is 2.27. The quantitative estimate of drug-likeness (QED) is 0.656. The van der Waals surface area contributed by atoms with E-state index in [1.54, 1.807) is 12.1 Å². The summed E-state index contributed by atoms with van der Waals surface area (Å²) in [7, 11) is 0. The van der Waals surface area contributed by atoms with Crippen molar-refractivity contribution < 1.29 is 9.59 Å². The summed E-state index contributed by atoms with van der Waals surface area (Å²) in [6.07, 6.45) is 0. The average Bonchev–Trinajstić information content (AvgIpc) is 2.74. The van der Waals surface area contributed by atoms with Crippen molar-refractivity contribution in [3.63, 3.8) is 0 Å². The van der Waals surface area contributed by atoms with E-state index in [9.17, 15) is 9.59 Å². The van der Waals surface area contributed by atoms with Crippen LogP contribution < -0.4 is 10.6 Å². The summed E-state index contributed by atoms with van der Waals surface area (Å²) < 4.78 is 0. The Morgan fingerprint density at radius 3 is 2.32 bits per heavy atom. The highest BCUT2D eigenvalue weighted by atomic mass is 35.5. The van der Waals surface area contributed by atoms with Gasteiger partial charge < -0.3 is 10.6 Å². The van der Waals surface area contributed by atoms with E-state index in [2.05, 4.69) is 20.4 Å². The lowest BCUT2D eigenvalue weighted by atomic mass is 10.1. The molecule has 2 aromatic rings. The van der Waals surface area contributed by atoms with Crippen molar-refractivity contribution in [3.05, 3.63) is 64.1 Å². The molecule has 1 saturated heterocycles. The molecule has 1 heterocycles. The molecular weight excluding hydrogens is 435 g/mol. The van der Waals surface area contributed by atoms with Crippen LogP contribution in [0.3, 0.4) is 0 Å². The molecule has 8 heteroatoms. The van der Waals surface area contributed by atoms with E-state index in [1.807, 2.05) is 50.2 Å². The van der Waals surface area contributed by atoms with Gasteiger partial charge in [-0.3, -0.25) is 19.4 Å². The third-order valence-electron chi connectivity index (χ3n) is 5.55. The molecular formula is C23H28Cl2N4O2. The molecule has 0 aliphatic carbocycles. The number of hydrogen-bond acceptors (Lipinski definition) is 4. The Bertz CT molecular complexity index is 902. The molecule has 0 saturated carbocycles. The number of nitrogens with zero attached hydrogens (tertiary/aromatic N) is 2. The number of carbonyl (C=O) groups excluding carboxylic acids is 2. The molecule has 31 heavy (non-hydrogen) atoms. The molecule has 1 aliphatic rings. The van der Waals surface area contributed by atoms with E-state index in [4.69, 9.17) is 23.2 Å². The van der Waals surface area contributed by atoms with Crippen LogP contribution in [0, 0.1) is 0 Å². The van der Waals surface area contributed by atoms with Gasteiger partial charge >= 0.3 is 0 Å². The number of rotatable bonds is 7. The van der Waals surface area contributed by atoms with Gasteiger partial charge in [-0.2, -0.15) is 0 Å². The average molecular weight is 463 g/mol. The second kappa shape index (κ2) is 11.0. The van der Waals surface area contributed by atoms with Gasteiger partial charge in [-0.25, -0.2) is 0 Å². The Hall–Kier alpha value is -2.12. The van der Waals surface area contributed by atoms with Crippen LogP contribution in [-0.2, 0) is 9.59 Å². The SMILES string of the molecule is CC(NC(=O)C(C)N1CCN(CC(=O)Nc2ccccc2)CC1)c1ccc(Cl)cc1Cl. The van der Waals surface area contributed by atoms with E-state index in [0.29, 0.717) is 16.6 Å². The van der Waals surface area contributed by atoms with E-state index >= 15 is 0 Å². The topological polar surface area (TPSA) is 64.7 Å². The summed E-state index contributed by atoms with van der Waals surface area (Å²) in [5, 5.41) is 7.05. The number of benzene rings is 2. The largest absolute Gasteiger partial charge is 0.348 e. The van der Waals surface area contributed by atoms with Gasteiger partial charge in [0, 0.05) is 41.9 Å². The fourth-order valence-electron chi connectivity index (χ4n) is 3.66. The van der Waals surface area contributed by atoms with Crippen LogP contribution in [-0.4, -0.2) is 60.4 Å². The van der Waals surface area contributed by atoms with Gasteiger partial charge in [0.2, 0.25) is 11.8 Å². The summed E-state index contributed by atoms with van der Waals surface area (Å²) in [5.41, 5.74) is 1.63. The van der Waals surface area contributed by atoms with Crippen molar-refractivity contribution in [3.8, 4) is 0 Å². The van der Waals surface area contributed by atoms with Crippen molar-refractivity contribution in [1.29, 1.82) is 0 Å². The zero-order valence-corrected chi connectivity index (χ0v) is 19.3. The summed E-state index contributed by atoms with van der Waals surface area (Å²) in [5.74, 6) is -0.0760. The minimum absolute atomic E-state index is 0.0286. The second-order valence-electron chi connectivity index (χ2n) is 7.80. The van der Waals surface area contributed by atoms with Crippen molar-refractivity contribution in [2.24, 2.45) is 0 Å². The molecule has 2 amide bonds. The predicted octanol–water partition coefficient (Wildman–Crippen LogP) is 3.82. The van der Waals surface area contributed by atoms with Gasteiger partial charge in [-0.05, 0) is 43.7 Å². The number of halogens is 2. The number of carbonyl (C=O) groups is 2. The first-order valence-corrected chi connectivity index (χ1v) is 11.2. The first-order chi connectivity index (χ1) is 14.8. The highest BCUT2D eigenvalue weighted by molar-refractivity contribution is 6.35. The number of amides is 2. The molecule has 0 aromatic heterocycles. The molecule has 2 atom stereocenters. The lowest BCUT2D eigenvalue weighted by Crippen LogP contribution is -2.55. The number of piperazine rings is 1. The molecule has 0 spiro atoms. The Labute approximate surface area is 193 Å². The summed E-state index contributed by atoms with van der Waals surface area (Å²) in [6.45, 7) is 7.07. The Balaban J connectivity index is 1.45. The van der Waals surface area contributed by atoms with Crippen LogP contribution in [0.25, 0.3) is 0 Å². The van der Waals surface area contributed by atoms with Crippen molar-refractivity contribution in [1.82, 2.24) is 15.1 Å². The molecule has 1 fully saturated rings. The van der Waals surface area contributed by atoms with Crippen LogP contribution >= 0.6 is 23.2 Å². The molecule has 0 radical (unpaired) electrons. The van der Waals surface area contributed by atoms with Gasteiger partial charge in [-0.15, -0.1) is 0 Å². The Kier molecular flexibility index (Phi) is 8.32. The van der Waals surface area contributed by atoms with Crippen molar-refractivity contribution >= 4 is 40.7 Å². The second-order valence-corrected chi connectivity index (χ2v) is 8.64. The summed E-state index contributed by atoms with van der Waals surface area (Å²) in [4.78, 5) is 29.3. The van der Waals surface area contributed by atoms with Gasteiger partial charge in [-0.1, -0.05) is 47.5 Å². The number of nitrogens with one attached hydrogen (secondary N) is 2. The molecule has 3 rings (SSSR count).